The molecule has 2 aromatic carbocycles. The molecule has 0 amide bonds. The predicted molar refractivity (Wildman–Crippen MR) is 105 cm³/mol. The molecular weight excluding hydrogens is 396 g/mol. The van der Waals surface area contributed by atoms with E-state index < -0.39 is 5.97 Å². The number of esters is 1. The zero-order valence-electron chi connectivity index (χ0n) is 15.3. The summed E-state index contributed by atoms with van der Waals surface area (Å²) in [6.45, 7) is 1.65. The molecule has 8 nitrogen and oxygen atoms in total. The van der Waals surface area contributed by atoms with E-state index in [-0.39, 0.29) is 18.2 Å². The highest BCUT2D eigenvalue weighted by atomic mass is 35.5. The topological polar surface area (TPSA) is 103 Å². The summed E-state index contributed by atoms with van der Waals surface area (Å²) in [5, 5.41) is 8.42. The van der Waals surface area contributed by atoms with Gasteiger partial charge in [-0.2, -0.15) is 0 Å². The molecule has 1 N–H and O–H groups in total. The van der Waals surface area contributed by atoms with Crippen LogP contribution in [-0.2, 0) is 11.3 Å². The van der Waals surface area contributed by atoms with Gasteiger partial charge in [-0.15, -0.1) is 10.2 Å². The molecule has 0 saturated carbocycles. The summed E-state index contributed by atoms with van der Waals surface area (Å²) in [7, 11) is 0. The number of halogens is 1. The van der Waals surface area contributed by atoms with Crippen molar-refractivity contribution in [2.24, 2.45) is 0 Å². The van der Waals surface area contributed by atoms with Crippen molar-refractivity contribution in [2.75, 3.05) is 0 Å². The molecule has 0 unspecified atom stereocenters. The third-order valence-corrected chi connectivity index (χ3v) is 4.46. The van der Waals surface area contributed by atoms with E-state index in [0.717, 1.165) is 5.69 Å². The molecule has 0 aliphatic heterocycles. The summed E-state index contributed by atoms with van der Waals surface area (Å²) in [5.41, 5.74) is 2.22. The fraction of sp³-hybridized carbons (Fsp3) is 0.100. The van der Waals surface area contributed by atoms with Crippen LogP contribution in [0, 0.1) is 6.92 Å². The van der Waals surface area contributed by atoms with E-state index in [1.54, 1.807) is 54.7 Å². The van der Waals surface area contributed by atoms with E-state index in [4.69, 9.17) is 20.8 Å². The number of nitrogens with zero attached hydrogens (tertiary/aromatic N) is 3. The van der Waals surface area contributed by atoms with Gasteiger partial charge in [-0.1, -0.05) is 11.6 Å². The minimum atomic E-state index is -0.541. The highest BCUT2D eigenvalue weighted by molar-refractivity contribution is 6.30. The van der Waals surface area contributed by atoms with E-state index in [0.29, 0.717) is 27.7 Å². The van der Waals surface area contributed by atoms with Crippen LogP contribution < -0.4 is 5.69 Å². The molecule has 0 radical (unpaired) electrons. The molecule has 0 bridgehead atoms. The zero-order chi connectivity index (χ0) is 20.4. The molecule has 4 aromatic rings. The molecule has 4 rings (SSSR count). The number of aromatic nitrogens is 4. The Morgan fingerprint density at radius 2 is 1.86 bits per heavy atom. The number of aryl methyl sites for hydroxylation is 1. The number of ether oxygens (including phenoxy) is 1. The fourth-order valence-corrected chi connectivity index (χ4v) is 2.88. The van der Waals surface area contributed by atoms with Gasteiger partial charge in [0, 0.05) is 22.5 Å². The van der Waals surface area contributed by atoms with Crippen LogP contribution in [0.1, 0.15) is 21.9 Å². The largest absolute Gasteiger partial charge is 0.452 e. The molecule has 146 valence electrons. The first kappa shape index (κ1) is 18.7. The van der Waals surface area contributed by atoms with E-state index in [1.165, 1.54) is 4.57 Å². The molecule has 0 spiro atoms. The Labute approximate surface area is 169 Å². The number of benzene rings is 2. The second-order valence-corrected chi connectivity index (χ2v) is 6.64. The van der Waals surface area contributed by atoms with Gasteiger partial charge >= 0.3 is 11.7 Å². The molecule has 0 atom stereocenters. The van der Waals surface area contributed by atoms with Gasteiger partial charge in [0.05, 0.1) is 11.3 Å². The summed E-state index contributed by atoms with van der Waals surface area (Å²) < 4.78 is 12.2. The first-order valence-electron chi connectivity index (χ1n) is 8.64. The lowest BCUT2D eigenvalue weighted by Gasteiger charge is -2.06. The van der Waals surface area contributed by atoms with Crippen molar-refractivity contribution in [3.8, 4) is 17.1 Å². The maximum absolute atomic E-state index is 12.3. The predicted octanol–water partition coefficient (Wildman–Crippen LogP) is 3.53. The van der Waals surface area contributed by atoms with Crippen LogP contribution in [0.5, 0.6) is 0 Å². The molecule has 2 heterocycles. The van der Waals surface area contributed by atoms with Crippen molar-refractivity contribution in [3.05, 3.63) is 87.4 Å². The first-order chi connectivity index (χ1) is 14.0. The number of hydrogen-bond donors (Lipinski definition) is 1. The summed E-state index contributed by atoms with van der Waals surface area (Å²) in [4.78, 5) is 26.7. The Hall–Kier alpha value is -3.65. The highest BCUT2D eigenvalue weighted by Crippen LogP contribution is 2.20. The van der Waals surface area contributed by atoms with Gasteiger partial charge < -0.3 is 14.1 Å². The summed E-state index contributed by atoms with van der Waals surface area (Å²) in [6.07, 6.45) is 1.62. The Balaban J connectivity index is 1.41. The Morgan fingerprint density at radius 1 is 1.14 bits per heavy atom. The average Bonchev–Trinajstić information content (AvgIpc) is 3.33. The van der Waals surface area contributed by atoms with Crippen LogP contribution in [0.3, 0.4) is 0 Å². The quantitative estimate of drug-likeness (QED) is 0.505. The van der Waals surface area contributed by atoms with Crippen molar-refractivity contribution in [3.63, 3.8) is 0 Å². The Kier molecular flexibility index (Phi) is 5.01. The van der Waals surface area contributed by atoms with Crippen LogP contribution in [-0.4, -0.2) is 25.7 Å². The van der Waals surface area contributed by atoms with Crippen molar-refractivity contribution in [1.82, 2.24) is 19.7 Å². The second-order valence-electron chi connectivity index (χ2n) is 6.20. The van der Waals surface area contributed by atoms with Gasteiger partial charge in [0.25, 0.3) is 5.89 Å². The van der Waals surface area contributed by atoms with Gasteiger partial charge in [0.2, 0.25) is 5.89 Å². The van der Waals surface area contributed by atoms with Crippen molar-refractivity contribution < 1.29 is 13.9 Å². The smallest absolute Gasteiger partial charge is 0.338 e. The minimum Gasteiger partial charge on any atom is -0.452 e. The normalized spacial score (nSPS) is 10.8. The van der Waals surface area contributed by atoms with E-state index in [9.17, 15) is 9.59 Å². The monoisotopic (exact) mass is 410 g/mol. The van der Waals surface area contributed by atoms with E-state index >= 15 is 0 Å². The van der Waals surface area contributed by atoms with Gasteiger partial charge in [-0.05, 0) is 55.5 Å². The van der Waals surface area contributed by atoms with Crippen LogP contribution >= 0.6 is 11.6 Å². The average molecular weight is 411 g/mol. The SMILES string of the molecule is Cc1c[nH]c(=O)n1-c1ccc(C(=O)OCc2nnc(-c3ccc(Cl)cc3)o2)cc1. The molecular formula is C20H15ClN4O4. The highest BCUT2D eigenvalue weighted by Gasteiger charge is 2.13. The lowest BCUT2D eigenvalue weighted by Crippen LogP contribution is -2.16. The van der Waals surface area contributed by atoms with E-state index in [1.807, 2.05) is 6.92 Å². The van der Waals surface area contributed by atoms with Gasteiger partial charge in [0.1, 0.15) is 0 Å². The van der Waals surface area contributed by atoms with Gasteiger partial charge in [-0.3, -0.25) is 4.57 Å². The molecule has 0 saturated heterocycles. The molecule has 9 heteroatoms. The number of aromatic amines is 1. The molecule has 2 aromatic heterocycles. The summed E-state index contributed by atoms with van der Waals surface area (Å²) in [5.74, 6) is -0.0558. The lowest BCUT2D eigenvalue weighted by molar-refractivity contribution is 0.0438. The number of H-pyrrole nitrogens is 1. The summed E-state index contributed by atoms with van der Waals surface area (Å²) >= 11 is 5.86. The van der Waals surface area contributed by atoms with Crippen LogP contribution in [0.25, 0.3) is 17.1 Å². The van der Waals surface area contributed by atoms with E-state index in [2.05, 4.69) is 15.2 Å². The van der Waals surface area contributed by atoms with Crippen LogP contribution in [0.2, 0.25) is 5.02 Å². The van der Waals surface area contributed by atoms with Crippen LogP contribution in [0.15, 0.2) is 63.9 Å². The number of nitrogens with one attached hydrogen (secondary N) is 1. The number of rotatable bonds is 5. The number of imidazole rings is 1. The van der Waals surface area contributed by atoms with Gasteiger partial charge in [0.15, 0.2) is 6.61 Å². The Morgan fingerprint density at radius 3 is 2.52 bits per heavy atom. The Bertz CT molecular complexity index is 1210. The van der Waals surface area contributed by atoms with Crippen molar-refractivity contribution in [2.45, 2.75) is 13.5 Å². The fourth-order valence-electron chi connectivity index (χ4n) is 2.75. The zero-order valence-corrected chi connectivity index (χ0v) is 16.0. The summed E-state index contributed by atoms with van der Waals surface area (Å²) in [6, 6.07) is 13.5. The van der Waals surface area contributed by atoms with Crippen LogP contribution in [0.4, 0.5) is 0 Å². The maximum atomic E-state index is 12.3. The molecule has 0 aliphatic rings. The maximum Gasteiger partial charge on any atom is 0.338 e. The molecule has 29 heavy (non-hydrogen) atoms. The lowest BCUT2D eigenvalue weighted by atomic mass is 10.2. The third-order valence-electron chi connectivity index (χ3n) is 4.21. The first-order valence-corrected chi connectivity index (χ1v) is 9.02. The molecule has 0 fully saturated rings. The molecule has 0 aliphatic carbocycles. The standard InChI is InChI=1S/C20H15ClN4O4/c1-12-10-22-20(27)25(12)16-8-4-14(5-9-16)19(26)28-11-17-23-24-18(29-17)13-2-6-15(21)7-3-13/h2-10H,11H2,1H3,(H,22,27). The van der Waals surface area contributed by atoms with Crippen molar-refractivity contribution in [1.29, 1.82) is 0 Å². The number of hydrogen-bond acceptors (Lipinski definition) is 6. The van der Waals surface area contributed by atoms with Crippen molar-refractivity contribution >= 4 is 17.6 Å². The number of carbonyl (C=O) groups excluding carboxylic acids is 1. The second kappa shape index (κ2) is 7.76. The third kappa shape index (κ3) is 3.97. The van der Waals surface area contributed by atoms with Gasteiger partial charge in [-0.25, -0.2) is 9.59 Å². The minimum absolute atomic E-state index is 0.155. The number of carbonyl (C=O) groups is 1.